The van der Waals surface area contributed by atoms with Crippen LogP contribution in [0.15, 0.2) is 18.5 Å². The molecule has 3 rings (SSSR count). The minimum absolute atomic E-state index is 0.0758. The Morgan fingerprint density at radius 3 is 2.58 bits per heavy atom. The van der Waals surface area contributed by atoms with Gasteiger partial charge in [-0.3, -0.25) is 9.78 Å². The molecule has 0 unspecified atom stereocenters. The molecule has 1 N–H and O–H groups in total. The van der Waals surface area contributed by atoms with Crippen molar-refractivity contribution in [3.8, 4) is 0 Å². The molecule has 0 spiro atoms. The molecule has 1 aromatic heterocycles. The summed E-state index contributed by atoms with van der Waals surface area (Å²) >= 11 is 0. The predicted octanol–water partition coefficient (Wildman–Crippen LogP) is 2.42. The summed E-state index contributed by atoms with van der Waals surface area (Å²) in [4.78, 5) is 32.6. The molecule has 0 atom stereocenters. The summed E-state index contributed by atoms with van der Waals surface area (Å²) < 4.78 is 5.02. The summed E-state index contributed by atoms with van der Waals surface area (Å²) in [7, 11) is 0. The largest absolute Gasteiger partial charge is 0.450 e. The van der Waals surface area contributed by atoms with Gasteiger partial charge < -0.3 is 19.9 Å². The molecule has 142 valence electrons. The molecule has 1 aromatic rings. The first-order chi connectivity index (χ1) is 12.7. The third kappa shape index (κ3) is 4.65. The maximum Gasteiger partial charge on any atom is 0.409 e. The van der Waals surface area contributed by atoms with Crippen molar-refractivity contribution in [3.05, 3.63) is 24.0 Å². The third-order valence-electron chi connectivity index (χ3n) is 5.06. The molecule has 7 heteroatoms. The standard InChI is InChI=1S/C19H28N4O3/c1-2-26-19(25)23-10-6-16(7-11-23)21-18(24)15-12-17(14-20-13-15)22-8-4-3-5-9-22/h12-14,16H,2-11H2,1H3,(H,21,24). The number of nitrogens with zero attached hydrogens (tertiary/aromatic N) is 3. The number of amides is 2. The van der Waals surface area contributed by atoms with Gasteiger partial charge >= 0.3 is 6.09 Å². The molecule has 2 amide bonds. The second-order valence-electron chi connectivity index (χ2n) is 6.91. The minimum atomic E-state index is -0.268. The van der Waals surface area contributed by atoms with Crippen molar-refractivity contribution in [3.63, 3.8) is 0 Å². The lowest BCUT2D eigenvalue weighted by Gasteiger charge is -2.31. The quantitative estimate of drug-likeness (QED) is 0.892. The number of piperidine rings is 2. The maximum atomic E-state index is 12.6. The van der Waals surface area contributed by atoms with E-state index in [1.54, 1.807) is 18.0 Å². The van der Waals surface area contributed by atoms with Crippen LogP contribution in [-0.4, -0.2) is 60.7 Å². The Balaban J connectivity index is 1.53. The SMILES string of the molecule is CCOC(=O)N1CCC(NC(=O)c2cncc(N3CCCCC3)c2)CC1. The minimum Gasteiger partial charge on any atom is -0.450 e. The van der Waals surface area contributed by atoms with Crippen LogP contribution in [0.25, 0.3) is 0 Å². The maximum absolute atomic E-state index is 12.6. The molecule has 0 saturated carbocycles. The van der Waals surface area contributed by atoms with Crippen molar-refractivity contribution in [2.24, 2.45) is 0 Å². The highest BCUT2D eigenvalue weighted by molar-refractivity contribution is 5.95. The lowest BCUT2D eigenvalue weighted by atomic mass is 10.0. The third-order valence-corrected chi connectivity index (χ3v) is 5.06. The fourth-order valence-electron chi connectivity index (χ4n) is 3.57. The number of nitrogens with one attached hydrogen (secondary N) is 1. The molecule has 26 heavy (non-hydrogen) atoms. The number of rotatable bonds is 4. The first kappa shape index (κ1) is 18.5. The van der Waals surface area contributed by atoms with Gasteiger partial charge in [-0.25, -0.2) is 4.79 Å². The molecule has 2 fully saturated rings. The zero-order chi connectivity index (χ0) is 18.4. The summed E-state index contributed by atoms with van der Waals surface area (Å²) in [5.41, 5.74) is 1.62. The fraction of sp³-hybridized carbons (Fsp3) is 0.632. The molecule has 2 aliphatic heterocycles. The highest BCUT2D eigenvalue weighted by Gasteiger charge is 2.25. The van der Waals surface area contributed by atoms with Gasteiger partial charge in [0.05, 0.1) is 24.1 Å². The second kappa shape index (κ2) is 8.87. The molecular formula is C19H28N4O3. The van der Waals surface area contributed by atoms with Gasteiger partial charge in [0.25, 0.3) is 5.91 Å². The Bertz CT molecular complexity index is 623. The van der Waals surface area contributed by atoms with E-state index in [1.165, 1.54) is 19.3 Å². The van der Waals surface area contributed by atoms with Gasteiger partial charge in [-0.1, -0.05) is 0 Å². The summed E-state index contributed by atoms with van der Waals surface area (Å²) in [5.74, 6) is -0.0917. The lowest BCUT2D eigenvalue weighted by Crippen LogP contribution is -2.46. The zero-order valence-corrected chi connectivity index (χ0v) is 15.4. The highest BCUT2D eigenvalue weighted by Crippen LogP contribution is 2.20. The summed E-state index contributed by atoms with van der Waals surface area (Å²) in [6, 6.07) is 2.01. The Hall–Kier alpha value is -2.31. The van der Waals surface area contributed by atoms with Crippen LogP contribution in [0.5, 0.6) is 0 Å². The van der Waals surface area contributed by atoms with Crippen molar-refractivity contribution in [1.29, 1.82) is 0 Å². The molecular weight excluding hydrogens is 332 g/mol. The van der Waals surface area contributed by atoms with E-state index >= 15 is 0 Å². The van der Waals surface area contributed by atoms with E-state index in [9.17, 15) is 9.59 Å². The van der Waals surface area contributed by atoms with Crippen molar-refractivity contribution < 1.29 is 14.3 Å². The molecule has 0 radical (unpaired) electrons. The summed E-state index contributed by atoms with van der Waals surface area (Å²) in [6.45, 7) is 5.45. The molecule has 7 nitrogen and oxygen atoms in total. The van der Waals surface area contributed by atoms with Crippen LogP contribution < -0.4 is 10.2 Å². The molecule has 0 aromatic carbocycles. The van der Waals surface area contributed by atoms with Crippen molar-refractivity contribution in [1.82, 2.24) is 15.2 Å². The number of hydrogen-bond donors (Lipinski definition) is 1. The lowest BCUT2D eigenvalue weighted by molar-refractivity contribution is 0.0860. The fourth-order valence-corrected chi connectivity index (χ4v) is 3.57. The van der Waals surface area contributed by atoms with Crippen molar-refractivity contribution in [2.75, 3.05) is 37.7 Å². The van der Waals surface area contributed by atoms with E-state index in [2.05, 4.69) is 15.2 Å². The smallest absolute Gasteiger partial charge is 0.409 e. The number of likely N-dealkylation sites (tertiary alicyclic amines) is 1. The average Bonchev–Trinajstić information content (AvgIpc) is 2.69. The normalized spacial score (nSPS) is 18.5. The van der Waals surface area contributed by atoms with Crippen LogP contribution in [0.1, 0.15) is 49.4 Å². The summed E-state index contributed by atoms with van der Waals surface area (Å²) in [5, 5.41) is 3.08. The molecule has 2 saturated heterocycles. The van der Waals surface area contributed by atoms with Gasteiger partial charge in [0.1, 0.15) is 0 Å². The van der Waals surface area contributed by atoms with Crippen LogP contribution >= 0.6 is 0 Å². The van der Waals surface area contributed by atoms with Gasteiger partial charge in [-0.05, 0) is 45.1 Å². The van der Waals surface area contributed by atoms with Gasteiger partial charge in [0.15, 0.2) is 0 Å². The van der Waals surface area contributed by atoms with Crippen LogP contribution in [0.2, 0.25) is 0 Å². The van der Waals surface area contributed by atoms with Gasteiger partial charge in [0.2, 0.25) is 0 Å². The van der Waals surface area contributed by atoms with E-state index in [4.69, 9.17) is 4.74 Å². The second-order valence-corrected chi connectivity index (χ2v) is 6.91. The van der Waals surface area contributed by atoms with E-state index in [-0.39, 0.29) is 18.0 Å². The molecule has 2 aliphatic rings. The zero-order valence-electron chi connectivity index (χ0n) is 15.4. The van der Waals surface area contributed by atoms with Crippen LogP contribution in [0.3, 0.4) is 0 Å². The number of carbonyl (C=O) groups is 2. The number of anilines is 1. The number of carbonyl (C=O) groups excluding carboxylic acids is 2. The van der Waals surface area contributed by atoms with Crippen LogP contribution in [0.4, 0.5) is 10.5 Å². The highest BCUT2D eigenvalue weighted by atomic mass is 16.6. The first-order valence-corrected chi connectivity index (χ1v) is 9.60. The molecule has 3 heterocycles. The Morgan fingerprint density at radius 1 is 1.15 bits per heavy atom. The van der Waals surface area contributed by atoms with Crippen molar-refractivity contribution in [2.45, 2.75) is 45.1 Å². The molecule has 0 aliphatic carbocycles. The van der Waals surface area contributed by atoms with E-state index in [0.717, 1.165) is 31.6 Å². The van der Waals surface area contributed by atoms with Crippen molar-refractivity contribution >= 4 is 17.7 Å². The number of ether oxygens (including phenoxy) is 1. The molecule has 0 bridgehead atoms. The number of aromatic nitrogens is 1. The van der Waals surface area contributed by atoms with E-state index < -0.39 is 0 Å². The van der Waals surface area contributed by atoms with Gasteiger partial charge in [-0.15, -0.1) is 0 Å². The van der Waals surface area contributed by atoms with E-state index in [1.807, 2.05) is 12.3 Å². The van der Waals surface area contributed by atoms with Crippen LogP contribution in [-0.2, 0) is 4.74 Å². The van der Waals surface area contributed by atoms with Crippen LogP contribution in [0, 0.1) is 0 Å². The topological polar surface area (TPSA) is 74.8 Å². The Kier molecular flexibility index (Phi) is 6.30. The summed E-state index contributed by atoms with van der Waals surface area (Å²) in [6.07, 6.45) is 8.32. The monoisotopic (exact) mass is 360 g/mol. The van der Waals surface area contributed by atoms with Gasteiger partial charge in [-0.2, -0.15) is 0 Å². The Morgan fingerprint density at radius 2 is 1.88 bits per heavy atom. The predicted molar refractivity (Wildman–Crippen MR) is 99.4 cm³/mol. The van der Waals surface area contributed by atoms with E-state index in [0.29, 0.717) is 25.3 Å². The number of pyridine rings is 1. The number of hydrogen-bond acceptors (Lipinski definition) is 5. The Labute approximate surface area is 154 Å². The van der Waals surface area contributed by atoms with Gasteiger partial charge in [0, 0.05) is 38.4 Å². The first-order valence-electron chi connectivity index (χ1n) is 9.60. The average molecular weight is 360 g/mol.